The van der Waals surface area contributed by atoms with Crippen LogP contribution in [-0.4, -0.2) is 27.3 Å². The van der Waals surface area contributed by atoms with Gasteiger partial charge in [-0.05, 0) is 36.5 Å². The van der Waals surface area contributed by atoms with Gasteiger partial charge in [0.15, 0.2) is 6.29 Å². The molecule has 1 aliphatic rings. The molecule has 2 aromatic rings. The van der Waals surface area contributed by atoms with Gasteiger partial charge >= 0.3 is 5.97 Å². The number of nitrogens with two attached hydrogens (primary N) is 1. The molecule has 0 spiro atoms. The number of primary sulfonamides is 1. The predicted octanol–water partition coefficient (Wildman–Crippen LogP) is 3.09. The molecule has 2 unspecified atom stereocenters. The Morgan fingerprint density at radius 3 is 2.64 bits per heavy atom. The van der Waals surface area contributed by atoms with Gasteiger partial charge in [0.1, 0.15) is 12.7 Å². The van der Waals surface area contributed by atoms with Gasteiger partial charge < -0.3 is 14.2 Å². The fourth-order valence-corrected chi connectivity index (χ4v) is 4.75. The molecule has 1 aromatic carbocycles. The van der Waals surface area contributed by atoms with Gasteiger partial charge in [-0.3, -0.25) is 4.79 Å². The van der Waals surface area contributed by atoms with Crippen LogP contribution in [0.4, 0.5) is 0 Å². The lowest BCUT2D eigenvalue weighted by atomic mass is 10.1. The van der Waals surface area contributed by atoms with Gasteiger partial charge in [-0.2, -0.15) is 0 Å². The third-order valence-corrected chi connectivity index (χ3v) is 6.35. The summed E-state index contributed by atoms with van der Waals surface area (Å²) in [5.74, 6) is -0.339. The monoisotopic (exact) mass is 425 g/mol. The van der Waals surface area contributed by atoms with E-state index in [4.69, 9.17) is 19.3 Å². The van der Waals surface area contributed by atoms with Crippen LogP contribution >= 0.6 is 11.3 Å². The Morgan fingerprint density at radius 2 is 2.07 bits per heavy atom. The van der Waals surface area contributed by atoms with E-state index in [2.05, 4.69) is 0 Å². The van der Waals surface area contributed by atoms with Gasteiger partial charge in [-0.25, -0.2) is 13.6 Å². The van der Waals surface area contributed by atoms with Crippen LogP contribution in [0.5, 0.6) is 0 Å². The number of ether oxygens (including phenoxy) is 3. The largest absolute Gasteiger partial charge is 0.461 e. The number of thiophene rings is 1. The van der Waals surface area contributed by atoms with E-state index in [9.17, 15) is 13.2 Å². The van der Waals surface area contributed by atoms with Crippen molar-refractivity contribution in [2.45, 2.75) is 50.1 Å². The van der Waals surface area contributed by atoms with Crippen LogP contribution < -0.4 is 5.14 Å². The van der Waals surface area contributed by atoms with Gasteiger partial charge in [0.2, 0.25) is 10.0 Å². The quantitative estimate of drug-likeness (QED) is 0.684. The molecular weight excluding hydrogens is 402 g/mol. The molecule has 0 saturated carbocycles. The first-order chi connectivity index (χ1) is 13.3. The Hall–Kier alpha value is -1.78. The summed E-state index contributed by atoms with van der Waals surface area (Å²) in [6, 6.07) is 9.00. The molecule has 1 aliphatic heterocycles. The first-order valence-corrected chi connectivity index (χ1v) is 11.4. The molecule has 152 valence electrons. The SMILES string of the molecule is CC(=O)OCc1ccc(C(OC2CCCCO2)c2cc(S(N)(=O)=O)cs2)cc1. The summed E-state index contributed by atoms with van der Waals surface area (Å²) in [6.07, 6.45) is 1.98. The summed E-state index contributed by atoms with van der Waals surface area (Å²) < 4.78 is 40.2. The lowest BCUT2D eigenvalue weighted by Gasteiger charge is -2.27. The van der Waals surface area contributed by atoms with Crippen molar-refractivity contribution in [3.63, 3.8) is 0 Å². The van der Waals surface area contributed by atoms with Gasteiger partial charge in [0.25, 0.3) is 0 Å². The third kappa shape index (κ3) is 5.62. The lowest BCUT2D eigenvalue weighted by Crippen LogP contribution is -2.24. The first-order valence-electron chi connectivity index (χ1n) is 8.93. The Kier molecular flexibility index (Phi) is 6.84. The van der Waals surface area contributed by atoms with Crippen LogP contribution in [-0.2, 0) is 35.6 Å². The third-order valence-electron chi connectivity index (χ3n) is 4.33. The van der Waals surface area contributed by atoms with Crippen molar-refractivity contribution in [3.8, 4) is 0 Å². The molecule has 7 nitrogen and oxygen atoms in total. The molecule has 0 bridgehead atoms. The maximum atomic E-state index is 11.6. The van der Waals surface area contributed by atoms with Crippen LogP contribution in [0.1, 0.15) is 48.3 Å². The van der Waals surface area contributed by atoms with E-state index in [1.165, 1.54) is 23.6 Å². The highest BCUT2D eigenvalue weighted by molar-refractivity contribution is 7.89. The fraction of sp³-hybridized carbons (Fsp3) is 0.421. The maximum absolute atomic E-state index is 11.6. The standard InChI is InChI=1S/C19H23NO6S2/c1-13(21)25-11-14-5-7-15(8-6-14)19(26-18-4-2-3-9-24-18)17-10-16(12-27-17)28(20,22)23/h5-8,10,12,18-19H,2-4,9,11H2,1H3,(H2,20,22,23). The molecule has 1 aromatic heterocycles. The Bertz CT molecular complexity index is 901. The molecule has 1 fully saturated rings. The van der Waals surface area contributed by atoms with Crippen LogP contribution in [0.15, 0.2) is 40.6 Å². The lowest BCUT2D eigenvalue weighted by molar-refractivity contribution is -0.180. The van der Waals surface area contributed by atoms with Crippen molar-refractivity contribution in [2.24, 2.45) is 5.14 Å². The molecule has 0 radical (unpaired) electrons. The summed E-state index contributed by atoms with van der Waals surface area (Å²) in [7, 11) is -3.78. The molecule has 0 aliphatic carbocycles. The van der Waals surface area contributed by atoms with E-state index < -0.39 is 16.1 Å². The second-order valence-electron chi connectivity index (χ2n) is 6.56. The summed E-state index contributed by atoms with van der Waals surface area (Å²) in [5.41, 5.74) is 1.70. The van der Waals surface area contributed by atoms with E-state index in [-0.39, 0.29) is 23.8 Å². The number of carbonyl (C=O) groups excluding carboxylic acids is 1. The highest BCUT2D eigenvalue weighted by atomic mass is 32.2. The number of hydrogen-bond acceptors (Lipinski definition) is 7. The minimum Gasteiger partial charge on any atom is -0.461 e. The van der Waals surface area contributed by atoms with Gasteiger partial charge in [0, 0.05) is 23.8 Å². The van der Waals surface area contributed by atoms with E-state index in [1.807, 2.05) is 24.3 Å². The van der Waals surface area contributed by atoms with Crippen LogP contribution in [0.3, 0.4) is 0 Å². The number of carbonyl (C=O) groups is 1. The van der Waals surface area contributed by atoms with Crippen molar-refractivity contribution < 1.29 is 27.4 Å². The van der Waals surface area contributed by atoms with E-state index in [0.717, 1.165) is 35.3 Å². The zero-order chi connectivity index (χ0) is 20.1. The van der Waals surface area contributed by atoms with Crippen LogP contribution in [0, 0.1) is 0 Å². The normalized spacial score (nSPS) is 18.6. The molecule has 9 heteroatoms. The highest BCUT2D eigenvalue weighted by Gasteiger charge is 2.25. The average molecular weight is 426 g/mol. The minimum atomic E-state index is -3.78. The summed E-state index contributed by atoms with van der Waals surface area (Å²) in [5, 5.41) is 6.75. The van der Waals surface area contributed by atoms with Crippen LogP contribution in [0.25, 0.3) is 0 Å². The van der Waals surface area contributed by atoms with E-state index in [0.29, 0.717) is 6.61 Å². The molecule has 28 heavy (non-hydrogen) atoms. The molecule has 0 amide bonds. The zero-order valence-corrected chi connectivity index (χ0v) is 17.1. The van der Waals surface area contributed by atoms with E-state index in [1.54, 1.807) is 6.07 Å². The highest BCUT2D eigenvalue weighted by Crippen LogP contribution is 2.35. The average Bonchev–Trinajstić information content (AvgIpc) is 3.16. The van der Waals surface area contributed by atoms with Crippen molar-refractivity contribution in [2.75, 3.05) is 6.61 Å². The maximum Gasteiger partial charge on any atom is 0.302 e. The molecule has 3 rings (SSSR count). The number of sulfonamides is 1. The minimum absolute atomic E-state index is 0.0668. The molecule has 2 N–H and O–H groups in total. The fourth-order valence-electron chi connectivity index (χ4n) is 2.87. The van der Waals surface area contributed by atoms with Crippen molar-refractivity contribution in [1.82, 2.24) is 0 Å². The van der Waals surface area contributed by atoms with Crippen molar-refractivity contribution in [3.05, 3.63) is 51.7 Å². The second-order valence-corrected chi connectivity index (χ2v) is 9.07. The summed E-state index contributed by atoms with van der Waals surface area (Å²) in [6.45, 7) is 2.20. The predicted molar refractivity (Wildman–Crippen MR) is 104 cm³/mol. The smallest absolute Gasteiger partial charge is 0.302 e. The molecule has 1 saturated heterocycles. The first kappa shape index (κ1) is 20.9. The summed E-state index contributed by atoms with van der Waals surface area (Å²) in [4.78, 5) is 11.8. The van der Waals surface area contributed by atoms with Gasteiger partial charge in [0.05, 0.1) is 4.90 Å². The Balaban J connectivity index is 1.85. The second kappa shape index (κ2) is 9.15. The number of hydrogen-bond donors (Lipinski definition) is 1. The van der Waals surface area contributed by atoms with Crippen molar-refractivity contribution >= 4 is 27.3 Å². The van der Waals surface area contributed by atoms with E-state index >= 15 is 0 Å². The molecule has 2 heterocycles. The van der Waals surface area contributed by atoms with Gasteiger partial charge in [-0.15, -0.1) is 11.3 Å². The zero-order valence-electron chi connectivity index (χ0n) is 15.5. The number of benzene rings is 1. The van der Waals surface area contributed by atoms with Crippen molar-refractivity contribution in [1.29, 1.82) is 0 Å². The molecular formula is C19H23NO6S2. The number of esters is 1. The Labute approximate surface area is 168 Å². The Morgan fingerprint density at radius 1 is 1.32 bits per heavy atom. The van der Waals surface area contributed by atoms with Crippen LogP contribution in [0.2, 0.25) is 0 Å². The van der Waals surface area contributed by atoms with Gasteiger partial charge in [-0.1, -0.05) is 24.3 Å². The summed E-state index contributed by atoms with van der Waals surface area (Å²) >= 11 is 1.28. The topological polar surface area (TPSA) is 105 Å². The molecule has 2 atom stereocenters. The number of rotatable bonds is 7.